The van der Waals surface area contributed by atoms with E-state index in [-0.39, 0.29) is 0 Å². The molecule has 1 aromatic rings. The minimum atomic E-state index is -0.709. The highest BCUT2D eigenvalue weighted by Crippen LogP contribution is 2.00. The number of ether oxygens (including phenoxy) is 1. The second-order valence-electron chi connectivity index (χ2n) is 2.92. The number of carbonyl (C=O) groups excluding carboxylic acids is 3. The highest BCUT2D eigenvalue weighted by Gasteiger charge is 2.12. The maximum Gasteiger partial charge on any atom is 0.338 e. The molecule has 1 aromatic carbocycles. The normalized spacial score (nSPS) is 9.40. The molecule has 0 radical (unpaired) electrons. The third kappa shape index (κ3) is 3.34. The van der Waals surface area contributed by atoms with Crippen LogP contribution in [0, 0.1) is 0 Å². The summed E-state index contributed by atoms with van der Waals surface area (Å²) in [6.45, 7) is 0.641. The topological polar surface area (TPSA) is 60.4 Å². The SMILES string of the molecule is CC(=O)C(=O)COC(=O)c1ccccc1. The molecule has 0 heterocycles. The van der Waals surface area contributed by atoms with Gasteiger partial charge in [0.1, 0.15) is 0 Å². The number of Topliss-reactive ketones (excluding diaryl/α,β-unsaturated/α-hetero) is 2. The molecule has 78 valence electrons. The molecule has 4 nitrogen and oxygen atoms in total. The van der Waals surface area contributed by atoms with Crippen LogP contribution in [0.1, 0.15) is 17.3 Å². The van der Waals surface area contributed by atoms with Crippen molar-refractivity contribution in [3.63, 3.8) is 0 Å². The summed E-state index contributed by atoms with van der Waals surface area (Å²) >= 11 is 0. The van der Waals surface area contributed by atoms with Gasteiger partial charge in [0.15, 0.2) is 12.4 Å². The number of rotatable bonds is 4. The average Bonchev–Trinajstić information content (AvgIpc) is 2.26. The van der Waals surface area contributed by atoms with E-state index < -0.39 is 24.1 Å². The Hall–Kier alpha value is -1.97. The lowest BCUT2D eigenvalue weighted by molar-refractivity contribution is -0.137. The highest BCUT2D eigenvalue weighted by atomic mass is 16.5. The maximum absolute atomic E-state index is 11.3. The summed E-state index contributed by atoms with van der Waals surface area (Å²) in [4.78, 5) is 32.7. The van der Waals surface area contributed by atoms with E-state index in [1.165, 1.54) is 0 Å². The van der Waals surface area contributed by atoms with Gasteiger partial charge < -0.3 is 4.74 Å². The zero-order valence-electron chi connectivity index (χ0n) is 8.23. The Kier molecular flexibility index (Phi) is 3.74. The van der Waals surface area contributed by atoms with Crippen LogP contribution < -0.4 is 0 Å². The van der Waals surface area contributed by atoms with Crippen LogP contribution in [0.15, 0.2) is 30.3 Å². The van der Waals surface area contributed by atoms with Crippen LogP contribution >= 0.6 is 0 Å². The number of benzene rings is 1. The number of ketones is 2. The smallest absolute Gasteiger partial charge is 0.338 e. The molecular formula is C11H10O4. The van der Waals surface area contributed by atoms with Gasteiger partial charge >= 0.3 is 5.97 Å². The third-order valence-corrected chi connectivity index (χ3v) is 1.74. The van der Waals surface area contributed by atoms with Crippen molar-refractivity contribution < 1.29 is 19.1 Å². The quantitative estimate of drug-likeness (QED) is 0.544. The Bertz CT molecular complexity index is 381. The fraction of sp³-hybridized carbons (Fsp3) is 0.182. The zero-order valence-corrected chi connectivity index (χ0v) is 8.23. The lowest BCUT2D eigenvalue weighted by Gasteiger charge is -2.01. The zero-order chi connectivity index (χ0) is 11.3. The summed E-state index contributed by atoms with van der Waals surface area (Å²) in [5, 5.41) is 0. The molecule has 0 saturated heterocycles. The van der Waals surface area contributed by atoms with E-state index >= 15 is 0 Å². The van der Waals surface area contributed by atoms with Gasteiger partial charge in [0.25, 0.3) is 0 Å². The van der Waals surface area contributed by atoms with Gasteiger partial charge in [-0.25, -0.2) is 4.79 Å². The van der Waals surface area contributed by atoms with Crippen molar-refractivity contribution in [2.24, 2.45) is 0 Å². The second kappa shape index (κ2) is 5.05. The summed E-state index contributed by atoms with van der Waals surface area (Å²) in [5.41, 5.74) is 0.355. The Morgan fingerprint density at radius 2 is 1.73 bits per heavy atom. The molecular weight excluding hydrogens is 196 g/mol. The Labute approximate surface area is 86.9 Å². The van der Waals surface area contributed by atoms with Crippen molar-refractivity contribution in [1.82, 2.24) is 0 Å². The van der Waals surface area contributed by atoms with Crippen LogP contribution in [-0.2, 0) is 14.3 Å². The molecule has 1 rings (SSSR count). The Morgan fingerprint density at radius 1 is 1.13 bits per heavy atom. The van der Waals surface area contributed by atoms with Gasteiger partial charge in [0, 0.05) is 6.92 Å². The molecule has 4 heteroatoms. The number of esters is 1. The first-order chi connectivity index (χ1) is 7.11. The van der Waals surface area contributed by atoms with Crippen LogP contribution in [0.3, 0.4) is 0 Å². The van der Waals surface area contributed by atoms with Gasteiger partial charge in [-0.15, -0.1) is 0 Å². The van der Waals surface area contributed by atoms with Crippen LogP contribution in [-0.4, -0.2) is 24.1 Å². The van der Waals surface area contributed by atoms with E-state index in [1.807, 2.05) is 0 Å². The van der Waals surface area contributed by atoms with Crippen LogP contribution in [0.4, 0.5) is 0 Å². The van der Waals surface area contributed by atoms with Crippen molar-refractivity contribution in [3.05, 3.63) is 35.9 Å². The van der Waals surface area contributed by atoms with Crippen molar-refractivity contribution in [2.75, 3.05) is 6.61 Å². The minimum absolute atomic E-state index is 0.355. The van der Waals surface area contributed by atoms with Gasteiger partial charge in [-0.2, -0.15) is 0 Å². The molecule has 0 N–H and O–H groups in total. The molecule has 0 atom stereocenters. The first-order valence-corrected chi connectivity index (χ1v) is 4.37. The van der Waals surface area contributed by atoms with Gasteiger partial charge in [-0.05, 0) is 12.1 Å². The predicted molar refractivity (Wildman–Crippen MR) is 52.4 cm³/mol. The third-order valence-electron chi connectivity index (χ3n) is 1.74. The van der Waals surface area contributed by atoms with Crippen molar-refractivity contribution in [3.8, 4) is 0 Å². The molecule has 0 aliphatic carbocycles. The molecule has 0 unspecified atom stereocenters. The molecule has 0 spiro atoms. The average molecular weight is 206 g/mol. The predicted octanol–water partition coefficient (Wildman–Crippen LogP) is 1.00. The summed E-state index contributed by atoms with van der Waals surface area (Å²) in [7, 11) is 0. The number of hydrogen-bond acceptors (Lipinski definition) is 4. The highest BCUT2D eigenvalue weighted by molar-refractivity contribution is 6.37. The van der Waals surface area contributed by atoms with E-state index in [2.05, 4.69) is 4.74 Å². The molecule has 0 amide bonds. The van der Waals surface area contributed by atoms with Gasteiger partial charge in [-0.3, -0.25) is 9.59 Å². The minimum Gasteiger partial charge on any atom is -0.454 e. The molecule has 0 aliphatic heterocycles. The van der Waals surface area contributed by atoms with E-state index in [9.17, 15) is 14.4 Å². The monoisotopic (exact) mass is 206 g/mol. The van der Waals surface area contributed by atoms with Crippen molar-refractivity contribution in [2.45, 2.75) is 6.92 Å². The standard InChI is InChI=1S/C11H10O4/c1-8(12)10(13)7-15-11(14)9-5-3-2-4-6-9/h2-6H,7H2,1H3. The van der Waals surface area contributed by atoms with E-state index in [0.717, 1.165) is 6.92 Å². The summed E-state index contributed by atoms with van der Waals surface area (Å²) in [6.07, 6.45) is 0. The summed E-state index contributed by atoms with van der Waals surface area (Å²) in [6, 6.07) is 8.27. The molecule has 0 aromatic heterocycles. The lowest BCUT2D eigenvalue weighted by atomic mass is 10.2. The van der Waals surface area contributed by atoms with Crippen LogP contribution in [0.5, 0.6) is 0 Å². The molecule has 0 saturated carbocycles. The van der Waals surface area contributed by atoms with Crippen LogP contribution in [0.2, 0.25) is 0 Å². The van der Waals surface area contributed by atoms with Gasteiger partial charge in [0.2, 0.25) is 5.78 Å². The summed E-state index contributed by atoms with van der Waals surface area (Å²) < 4.78 is 4.64. The maximum atomic E-state index is 11.3. The van der Waals surface area contributed by atoms with Gasteiger partial charge in [-0.1, -0.05) is 18.2 Å². The molecule has 0 bridgehead atoms. The largest absolute Gasteiger partial charge is 0.454 e. The Balaban J connectivity index is 2.51. The Morgan fingerprint density at radius 3 is 2.27 bits per heavy atom. The van der Waals surface area contributed by atoms with E-state index in [0.29, 0.717) is 5.56 Å². The number of hydrogen-bond donors (Lipinski definition) is 0. The van der Waals surface area contributed by atoms with Gasteiger partial charge in [0.05, 0.1) is 5.56 Å². The molecule has 0 fully saturated rings. The molecule has 15 heavy (non-hydrogen) atoms. The lowest BCUT2D eigenvalue weighted by Crippen LogP contribution is -2.19. The molecule has 0 aliphatic rings. The fourth-order valence-electron chi connectivity index (χ4n) is 0.890. The van der Waals surface area contributed by atoms with Crippen LogP contribution in [0.25, 0.3) is 0 Å². The van der Waals surface area contributed by atoms with Crippen molar-refractivity contribution >= 4 is 17.5 Å². The summed E-state index contributed by atoms with van der Waals surface area (Å²) in [5.74, 6) is -1.93. The number of carbonyl (C=O) groups is 3. The van der Waals surface area contributed by atoms with Crippen molar-refractivity contribution in [1.29, 1.82) is 0 Å². The van der Waals surface area contributed by atoms with E-state index in [1.54, 1.807) is 30.3 Å². The first kappa shape index (κ1) is 11.1. The fourth-order valence-corrected chi connectivity index (χ4v) is 0.890. The first-order valence-electron chi connectivity index (χ1n) is 4.37. The van der Waals surface area contributed by atoms with E-state index in [4.69, 9.17) is 0 Å². The second-order valence-corrected chi connectivity index (χ2v) is 2.92.